The predicted molar refractivity (Wildman–Crippen MR) is 99.0 cm³/mol. The molecule has 0 aliphatic rings. The Balaban J connectivity index is 1.84. The first-order valence-corrected chi connectivity index (χ1v) is 8.67. The number of aromatic nitrogens is 4. The summed E-state index contributed by atoms with van der Waals surface area (Å²) in [6.07, 6.45) is 0.119. The first-order chi connectivity index (χ1) is 13.2. The first kappa shape index (κ1) is 19.8. The van der Waals surface area contributed by atoms with E-state index in [1.807, 2.05) is 26.1 Å². The maximum atomic E-state index is 12.8. The quantitative estimate of drug-likeness (QED) is 0.663. The van der Waals surface area contributed by atoms with Gasteiger partial charge in [-0.15, -0.1) is 0 Å². The third-order valence-electron chi connectivity index (χ3n) is 4.06. The summed E-state index contributed by atoms with van der Waals surface area (Å²) < 4.78 is 40.2. The summed E-state index contributed by atoms with van der Waals surface area (Å²) in [6, 6.07) is 6.38. The number of halogens is 3. The Hall–Kier alpha value is -2.94. The molecule has 2 aromatic heterocycles. The van der Waals surface area contributed by atoms with Crippen LogP contribution in [0.2, 0.25) is 0 Å². The zero-order valence-corrected chi connectivity index (χ0v) is 15.4. The minimum absolute atomic E-state index is 0.0741. The van der Waals surface area contributed by atoms with Gasteiger partial charge in [-0.2, -0.15) is 18.3 Å². The highest BCUT2D eigenvalue weighted by atomic mass is 19.4. The smallest absolute Gasteiger partial charge is 0.396 e. The van der Waals surface area contributed by atoms with Crippen LogP contribution in [0.3, 0.4) is 0 Å². The number of aliphatic hydroxyl groups is 1. The van der Waals surface area contributed by atoms with Crippen molar-refractivity contribution in [1.29, 1.82) is 0 Å². The molecule has 0 saturated heterocycles. The molecule has 0 aliphatic heterocycles. The Morgan fingerprint density at radius 1 is 1.21 bits per heavy atom. The second-order valence-corrected chi connectivity index (χ2v) is 6.71. The largest absolute Gasteiger partial charge is 0.433 e. The second-order valence-electron chi connectivity index (χ2n) is 6.71. The number of nitrogens with one attached hydrogen (secondary N) is 1. The first-order valence-electron chi connectivity index (χ1n) is 8.67. The van der Waals surface area contributed by atoms with E-state index in [0.717, 1.165) is 29.0 Å². The van der Waals surface area contributed by atoms with E-state index < -0.39 is 11.9 Å². The highest BCUT2D eigenvalue weighted by Gasteiger charge is 2.32. The Kier molecular flexibility index (Phi) is 5.64. The molecule has 148 valence electrons. The highest BCUT2D eigenvalue weighted by molar-refractivity contribution is 5.70. The molecule has 0 fully saturated rings. The number of alkyl halides is 3. The van der Waals surface area contributed by atoms with Gasteiger partial charge in [0.2, 0.25) is 5.95 Å². The zero-order valence-electron chi connectivity index (χ0n) is 15.4. The number of aliphatic hydroxyl groups excluding tert-OH is 1. The molecule has 0 unspecified atom stereocenters. The van der Waals surface area contributed by atoms with E-state index in [9.17, 15) is 18.3 Å². The molecule has 0 aliphatic carbocycles. The van der Waals surface area contributed by atoms with Gasteiger partial charge in [-0.25, -0.2) is 9.97 Å². The van der Waals surface area contributed by atoms with Crippen LogP contribution in [0, 0.1) is 12.8 Å². The molecule has 0 saturated carbocycles. The van der Waals surface area contributed by atoms with Gasteiger partial charge >= 0.3 is 6.18 Å². The summed E-state index contributed by atoms with van der Waals surface area (Å²) >= 11 is 0. The molecule has 6 nitrogen and oxygen atoms in total. The van der Waals surface area contributed by atoms with E-state index >= 15 is 0 Å². The van der Waals surface area contributed by atoms with E-state index in [0.29, 0.717) is 12.2 Å². The van der Waals surface area contributed by atoms with E-state index in [2.05, 4.69) is 20.4 Å². The van der Waals surface area contributed by atoms with Crippen molar-refractivity contribution in [2.45, 2.75) is 26.6 Å². The molecule has 3 rings (SSSR count). The zero-order chi connectivity index (χ0) is 20.3. The van der Waals surface area contributed by atoms with E-state index in [1.54, 1.807) is 23.0 Å². The molecule has 0 bridgehead atoms. The fourth-order valence-electron chi connectivity index (χ4n) is 2.72. The van der Waals surface area contributed by atoms with Crippen molar-refractivity contribution in [3.8, 4) is 11.1 Å². The summed E-state index contributed by atoms with van der Waals surface area (Å²) in [5.41, 5.74) is 2.21. The van der Waals surface area contributed by atoms with Gasteiger partial charge in [0.1, 0.15) is 5.69 Å². The van der Waals surface area contributed by atoms with Gasteiger partial charge in [0, 0.05) is 36.8 Å². The van der Waals surface area contributed by atoms with Gasteiger partial charge < -0.3 is 10.4 Å². The number of benzene rings is 1. The minimum Gasteiger partial charge on any atom is -0.396 e. The Bertz CT molecular complexity index is 955. The topological polar surface area (TPSA) is 75.9 Å². The highest BCUT2D eigenvalue weighted by Crippen LogP contribution is 2.29. The van der Waals surface area contributed by atoms with Gasteiger partial charge in [-0.05, 0) is 42.2 Å². The predicted octanol–water partition coefficient (Wildman–Crippen LogP) is 4.04. The molecule has 2 N–H and O–H groups in total. The van der Waals surface area contributed by atoms with E-state index in [-0.39, 0.29) is 18.5 Å². The van der Waals surface area contributed by atoms with Crippen LogP contribution in [0.5, 0.6) is 0 Å². The van der Waals surface area contributed by atoms with Crippen LogP contribution in [-0.2, 0) is 12.7 Å². The molecule has 0 spiro atoms. The van der Waals surface area contributed by atoms with Crippen LogP contribution in [0.4, 0.5) is 24.8 Å². The van der Waals surface area contributed by atoms with E-state index in [4.69, 9.17) is 0 Å². The molecule has 3 aromatic rings. The van der Waals surface area contributed by atoms with Crippen molar-refractivity contribution in [3.63, 3.8) is 0 Å². The van der Waals surface area contributed by atoms with Crippen molar-refractivity contribution >= 4 is 11.6 Å². The number of hydrogen-bond acceptors (Lipinski definition) is 5. The molecule has 1 aromatic carbocycles. The maximum absolute atomic E-state index is 12.8. The van der Waals surface area contributed by atoms with Crippen molar-refractivity contribution < 1.29 is 18.3 Å². The Morgan fingerprint density at radius 3 is 2.71 bits per heavy atom. The van der Waals surface area contributed by atoms with Crippen molar-refractivity contribution in [3.05, 3.63) is 54.1 Å². The van der Waals surface area contributed by atoms with Gasteiger partial charge in [-0.3, -0.25) is 4.68 Å². The normalized spacial score (nSPS) is 12.8. The molecular weight excluding hydrogens is 371 g/mol. The van der Waals surface area contributed by atoms with Crippen molar-refractivity contribution in [1.82, 2.24) is 19.7 Å². The number of anilines is 2. The molecular formula is C19H20F3N5O. The van der Waals surface area contributed by atoms with Gasteiger partial charge in [0.05, 0.1) is 6.20 Å². The lowest BCUT2D eigenvalue weighted by Crippen LogP contribution is -2.11. The summed E-state index contributed by atoms with van der Waals surface area (Å²) in [4.78, 5) is 7.39. The third kappa shape index (κ3) is 4.86. The number of rotatable bonds is 6. The van der Waals surface area contributed by atoms with Gasteiger partial charge in [0.25, 0.3) is 0 Å². The van der Waals surface area contributed by atoms with Gasteiger partial charge in [-0.1, -0.05) is 13.0 Å². The standard InChI is InChI=1S/C19H20F3N5O/c1-12-5-14(15-8-24-27(10-15)9-13(2)11-28)7-16(6-12)25-18-23-4-3-17(26-18)19(20,21)22/h3-8,10,13,28H,9,11H2,1-2H3,(H,23,25,26)/t13-/m1/s1. The molecule has 2 heterocycles. The average Bonchev–Trinajstić information content (AvgIpc) is 3.09. The third-order valence-corrected chi connectivity index (χ3v) is 4.06. The Labute approximate surface area is 160 Å². The van der Waals surface area contributed by atoms with Crippen LogP contribution < -0.4 is 5.32 Å². The summed E-state index contributed by atoms with van der Waals surface area (Å²) in [5, 5.41) is 16.3. The van der Waals surface area contributed by atoms with Crippen LogP contribution >= 0.6 is 0 Å². The van der Waals surface area contributed by atoms with Crippen molar-refractivity contribution in [2.24, 2.45) is 5.92 Å². The number of aryl methyl sites for hydroxylation is 1. The lowest BCUT2D eigenvalue weighted by atomic mass is 10.1. The SMILES string of the molecule is Cc1cc(Nc2nccc(C(F)(F)F)n2)cc(-c2cnn(C[C@@H](C)CO)c2)c1. The molecule has 28 heavy (non-hydrogen) atoms. The lowest BCUT2D eigenvalue weighted by molar-refractivity contribution is -0.141. The fraction of sp³-hybridized carbons (Fsp3) is 0.316. The molecule has 1 atom stereocenters. The Morgan fingerprint density at radius 2 is 2.00 bits per heavy atom. The van der Waals surface area contributed by atoms with Crippen molar-refractivity contribution in [2.75, 3.05) is 11.9 Å². The van der Waals surface area contributed by atoms with Crippen LogP contribution in [0.25, 0.3) is 11.1 Å². The lowest BCUT2D eigenvalue weighted by Gasteiger charge is -2.10. The monoisotopic (exact) mass is 391 g/mol. The maximum Gasteiger partial charge on any atom is 0.433 e. The average molecular weight is 391 g/mol. The van der Waals surface area contributed by atoms with Crippen LogP contribution in [0.1, 0.15) is 18.2 Å². The number of hydrogen-bond donors (Lipinski definition) is 2. The summed E-state index contributed by atoms with van der Waals surface area (Å²) in [5.74, 6) is -0.0422. The van der Waals surface area contributed by atoms with E-state index in [1.165, 1.54) is 0 Å². The molecule has 0 amide bonds. The fourth-order valence-corrected chi connectivity index (χ4v) is 2.72. The second kappa shape index (κ2) is 7.97. The minimum atomic E-state index is -4.53. The summed E-state index contributed by atoms with van der Waals surface area (Å²) in [7, 11) is 0. The molecule has 0 radical (unpaired) electrons. The number of nitrogens with zero attached hydrogens (tertiary/aromatic N) is 4. The molecule has 9 heteroatoms. The van der Waals surface area contributed by atoms with Gasteiger partial charge in [0.15, 0.2) is 0 Å². The summed E-state index contributed by atoms with van der Waals surface area (Å²) in [6.45, 7) is 4.47. The van der Waals surface area contributed by atoms with Crippen LogP contribution in [-0.4, -0.2) is 31.5 Å². The van der Waals surface area contributed by atoms with Crippen LogP contribution in [0.15, 0.2) is 42.9 Å².